The molecule has 0 aromatic carbocycles. The van der Waals surface area contributed by atoms with Crippen molar-refractivity contribution in [2.75, 3.05) is 5.43 Å². The average molecular weight is 180 g/mol. The number of hydrogen-bond acceptors (Lipinski definition) is 4. The van der Waals surface area contributed by atoms with Gasteiger partial charge in [0, 0.05) is 19.3 Å². The maximum atomic E-state index is 10.6. The average Bonchev–Trinajstić information content (AvgIpc) is 2.15. The van der Waals surface area contributed by atoms with E-state index < -0.39 is 0 Å². The number of rotatable bonds is 3. The molecule has 1 amide bonds. The third kappa shape index (κ3) is 2.70. The predicted octanol–water partition coefficient (Wildman–Crippen LogP) is 0.502. The van der Waals surface area contributed by atoms with Gasteiger partial charge in [-0.05, 0) is 6.42 Å². The van der Waals surface area contributed by atoms with E-state index >= 15 is 0 Å². The van der Waals surface area contributed by atoms with Gasteiger partial charge in [0.2, 0.25) is 5.91 Å². The first-order valence-corrected chi connectivity index (χ1v) is 4.06. The highest BCUT2D eigenvalue weighted by Crippen LogP contribution is 2.06. The van der Waals surface area contributed by atoms with Crippen LogP contribution in [0.15, 0.2) is 12.4 Å². The molecule has 1 heterocycles. The van der Waals surface area contributed by atoms with E-state index in [-0.39, 0.29) is 5.91 Å². The van der Waals surface area contributed by atoms with Crippen LogP contribution in [-0.2, 0) is 11.2 Å². The maximum absolute atomic E-state index is 10.6. The molecule has 0 unspecified atom stereocenters. The molecule has 0 spiro atoms. The third-order valence-corrected chi connectivity index (χ3v) is 1.47. The van der Waals surface area contributed by atoms with E-state index in [1.54, 1.807) is 12.4 Å². The zero-order valence-corrected chi connectivity index (χ0v) is 7.66. The van der Waals surface area contributed by atoms with Crippen LogP contribution in [0.1, 0.15) is 19.5 Å². The van der Waals surface area contributed by atoms with Gasteiger partial charge in [-0.1, -0.05) is 6.92 Å². The molecule has 0 radical (unpaired) electrons. The first-order valence-electron chi connectivity index (χ1n) is 4.06. The van der Waals surface area contributed by atoms with Crippen molar-refractivity contribution in [1.82, 2.24) is 15.4 Å². The summed E-state index contributed by atoms with van der Waals surface area (Å²) in [5.74, 6) is 0.438. The van der Waals surface area contributed by atoms with E-state index in [0.29, 0.717) is 5.82 Å². The van der Waals surface area contributed by atoms with E-state index in [1.165, 1.54) is 6.92 Å². The number of amides is 1. The van der Waals surface area contributed by atoms with Crippen molar-refractivity contribution >= 4 is 11.7 Å². The molecule has 5 nitrogen and oxygen atoms in total. The van der Waals surface area contributed by atoms with E-state index in [9.17, 15) is 4.79 Å². The molecule has 13 heavy (non-hydrogen) atoms. The lowest BCUT2D eigenvalue weighted by Crippen LogP contribution is -2.27. The molecule has 0 bridgehead atoms. The number of nitrogens with zero attached hydrogens (tertiary/aromatic N) is 2. The fraction of sp³-hybridized carbons (Fsp3) is 0.375. The Morgan fingerprint density at radius 3 is 2.77 bits per heavy atom. The lowest BCUT2D eigenvalue weighted by Gasteiger charge is -2.07. The van der Waals surface area contributed by atoms with Gasteiger partial charge in [-0.25, -0.2) is 4.98 Å². The monoisotopic (exact) mass is 180 g/mol. The minimum atomic E-state index is -0.160. The number of hydrazine groups is 1. The fourth-order valence-electron chi connectivity index (χ4n) is 0.877. The number of aryl methyl sites for hydroxylation is 1. The van der Waals surface area contributed by atoms with Crippen molar-refractivity contribution in [3.8, 4) is 0 Å². The summed E-state index contributed by atoms with van der Waals surface area (Å²) in [5.41, 5.74) is 5.97. The molecule has 0 aliphatic heterocycles. The molecule has 1 aromatic rings. The Bertz CT molecular complexity index is 300. The summed E-state index contributed by atoms with van der Waals surface area (Å²) >= 11 is 0. The van der Waals surface area contributed by atoms with Gasteiger partial charge in [-0.3, -0.25) is 20.6 Å². The first kappa shape index (κ1) is 9.44. The number of hydrogen-bond donors (Lipinski definition) is 2. The molecule has 0 aliphatic carbocycles. The number of carbonyl (C=O) groups excluding carboxylic acids is 1. The smallest absolute Gasteiger partial charge is 0.235 e. The second kappa shape index (κ2) is 4.39. The molecule has 0 atom stereocenters. The molecule has 0 aliphatic rings. The van der Waals surface area contributed by atoms with Gasteiger partial charge >= 0.3 is 0 Å². The molecular formula is C8H12N4O. The highest BCUT2D eigenvalue weighted by atomic mass is 16.2. The first-order chi connectivity index (χ1) is 6.24. The Morgan fingerprint density at radius 2 is 2.15 bits per heavy atom. The number of anilines is 1. The molecule has 70 valence electrons. The lowest BCUT2D eigenvalue weighted by molar-refractivity contribution is -0.118. The normalized spacial score (nSPS) is 9.38. The van der Waals surface area contributed by atoms with Crippen molar-refractivity contribution in [3.05, 3.63) is 18.1 Å². The minimum Gasteiger partial charge on any atom is -0.280 e. The Kier molecular flexibility index (Phi) is 3.19. The van der Waals surface area contributed by atoms with Crippen LogP contribution in [0.5, 0.6) is 0 Å². The number of carbonyl (C=O) groups is 1. The summed E-state index contributed by atoms with van der Waals surface area (Å²) in [6.45, 7) is 3.40. The Labute approximate surface area is 76.6 Å². The van der Waals surface area contributed by atoms with Crippen LogP contribution in [0, 0.1) is 0 Å². The molecule has 5 heteroatoms. The van der Waals surface area contributed by atoms with Gasteiger partial charge in [0.05, 0.1) is 5.69 Å². The van der Waals surface area contributed by atoms with Crippen LogP contribution in [0.25, 0.3) is 0 Å². The standard InChI is InChI=1S/C8H12N4O/c1-3-7-8(10-5-4-9-7)12-11-6(2)13/h4-5H,3H2,1-2H3,(H,10,12)(H,11,13). The Morgan fingerprint density at radius 1 is 1.46 bits per heavy atom. The zero-order chi connectivity index (χ0) is 9.68. The highest BCUT2D eigenvalue weighted by molar-refractivity contribution is 5.74. The minimum absolute atomic E-state index is 0.160. The van der Waals surface area contributed by atoms with E-state index in [2.05, 4.69) is 20.8 Å². The fourth-order valence-corrected chi connectivity index (χ4v) is 0.877. The summed E-state index contributed by atoms with van der Waals surface area (Å²) < 4.78 is 0. The van der Waals surface area contributed by atoms with Gasteiger partial charge in [0.25, 0.3) is 0 Å². The Balaban J connectivity index is 2.69. The molecule has 0 fully saturated rings. The van der Waals surface area contributed by atoms with Gasteiger partial charge in [-0.2, -0.15) is 0 Å². The summed E-state index contributed by atoms with van der Waals surface area (Å²) in [4.78, 5) is 18.7. The van der Waals surface area contributed by atoms with Gasteiger partial charge in [0.15, 0.2) is 5.82 Å². The van der Waals surface area contributed by atoms with Crippen LogP contribution in [0.2, 0.25) is 0 Å². The summed E-state index contributed by atoms with van der Waals surface area (Å²) in [6, 6.07) is 0. The van der Waals surface area contributed by atoms with Crippen molar-refractivity contribution < 1.29 is 4.79 Å². The summed E-state index contributed by atoms with van der Waals surface area (Å²) in [6.07, 6.45) is 3.97. The van der Waals surface area contributed by atoms with Crippen LogP contribution >= 0.6 is 0 Å². The topological polar surface area (TPSA) is 66.9 Å². The third-order valence-electron chi connectivity index (χ3n) is 1.47. The lowest BCUT2D eigenvalue weighted by atomic mass is 10.3. The Hall–Kier alpha value is -1.65. The zero-order valence-electron chi connectivity index (χ0n) is 7.66. The molecule has 1 aromatic heterocycles. The SMILES string of the molecule is CCc1nccnc1NNC(C)=O. The molecule has 0 saturated carbocycles. The molecule has 1 rings (SSSR count). The second-order valence-electron chi connectivity index (χ2n) is 2.51. The van der Waals surface area contributed by atoms with Gasteiger partial charge < -0.3 is 0 Å². The second-order valence-corrected chi connectivity index (χ2v) is 2.51. The largest absolute Gasteiger partial charge is 0.280 e. The summed E-state index contributed by atoms with van der Waals surface area (Å²) in [7, 11) is 0. The predicted molar refractivity (Wildman–Crippen MR) is 48.8 cm³/mol. The summed E-state index contributed by atoms with van der Waals surface area (Å²) in [5, 5.41) is 0. The van der Waals surface area contributed by atoms with Gasteiger partial charge in [0.1, 0.15) is 0 Å². The molecular weight excluding hydrogens is 168 g/mol. The van der Waals surface area contributed by atoms with E-state index in [4.69, 9.17) is 0 Å². The van der Waals surface area contributed by atoms with Gasteiger partial charge in [-0.15, -0.1) is 0 Å². The highest BCUT2D eigenvalue weighted by Gasteiger charge is 2.01. The van der Waals surface area contributed by atoms with Crippen LogP contribution in [0.4, 0.5) is 5.82 Å². The van der Waals surface area contributed by atoms with Crippen LogP contribution in [-0.4, -0.2) is 15.9 Å². The molecule has 0 saturated heterocycles. The number of nitrogens with one attached hydrogen (secondary N) is 2. The molecule has 2 N–H and O–H groups in total. The quantitative estimate of drug-likeness (QED) is 0.665. The van der Waals surface area contributed by atoms with Crippen LogP contribution in [0.3, 0.4) is 0 Å². The van der Waals surface area contributed by atoms with E-state index in [1.807, 2.05) is 6.92 Å². The van der Waals surface area contributed by atoms with Crippen LogP contribution < -0.4 is 10.9 Å². The van der Waals surface area contributed by atoms with Crippen molar-refractivity contribution in [2.24, 2.45) is 0 Å². The van der Waals surface area contributed by atoms with Crippen molar-refractivity contribution in [3.63, 3.8) is 0 Å². The maximum Gasteiger partial charge on any atom is 0.235 e. The van der Waals surface area contributed by atoms with E-state index in [0.717, 1.165) is 12.1 Å². The number of aromatic nitrogens is 2. The van der Waals surface area contributed by atoms with Crippen molar-refractivity contribution in [1.29, 1.82) is 0 Å². The van der Waals surface area contributed by atoms with Crippen molar-refractivity contribution in [2.45, 2.75) is 20.3 Å².